The Labute approximate surface area is 202 Å². The molecule has 5 N–H and O–H groups in total. The first-order valence-corrected chi connectivity index (χ1v) is 12.1. The summed E-state index contributed by atoms with van der Waals surface area (Å²) in [5.74, 6) is 0.607. The summed E-state index contributed by atoms with van der Waals surface area (Å²) in [4.78, 5) is 11.7. The molecule has 0 radical (unpaired) electrons. The Bertz CT molecular complexity index is 888. The van der Waals surface area contributed by atoms with Gasteiger partial charge in [-0.2, -0.15) is 0 Å². The van der Waals surface area contributed by atoms with Crippen LogP contribution in [0.4, 0.5) is 0 Å². The highest BCUT2D eigenvalue weighted by Crippen LogP contribution is 2.29. The average Bonchev–Trinajstić information content (AvgIpc) is 3.30. The summed E-state index contributed by atoms with van der Waals surface area (Å²) < 4.78 is 10.6. The maximum Gasteiger partial charge on any atom is 0.237 e. The molecule has 2 atom stereocenters. The van der Waals surface area contributed by atoms with Gasteiger partial charge in [0.05, 0.1) is 31.0 Å². The molecule has 7 nitrogen and oxygen atoms in total. The van der Waals surface area contributed by atoms with E-state index in [4.69, 9.17) is 25.4 Å². The van der Waals surface area contributed by atoms with Gasteiger partial charge in [0.25, 0.3) is 0 Å². The van der Waals surface area contributed by atoms with E-state index in [1.54, 1.807) is 0 Å². The number of aliphatic hydroxyl groups is 2. The zero-order valence-corrected chi connectivity index (χ0v) is 20.0. The van der Waals surface area contributed by atoms with Crippen LogP contribution in [0.5, 0.6) is 5.75 Å². The molecule has 1 saturated carbocycles. The number of primary amides is 1. The number of nitrogens with one attached hydrogen (secondary N) is 1. The minimum Gasteiger partial charge on any atom is -0.492 e. The fraction of sp³-hybridized carbons (Fsp3) is 0.519. The van der Waals surface area contributed by atoms with Gasteiger partial charge in [0.15, 0.2) is 0 Å². The molecule has 1 saturated heterocycles. The van der Waals surface area contributed by atoms with Crippen LogP contribution in [0.15, 0.2) is 48.5 Å². The molecular formula is C27H38N2O5. The highest BCUT2D eigenvalue weighted by Gasteiger charge is 2.38. The van der Waals surface area contributed by atoms with E-state index in [2.05, 4.69) is 48.6 Å². The molecule has 7 heteroatoms. The first kappa shape index (κ1) is 26.2. The maximum absolute atomic E-state index is 11.7. The summed E-state index contributed by atoms with van der Waals surface area (Å²) in [6, 6.07) is 16.7. The van der Waals surface area contributed by atoms with Gasteiger partial charge in [-0.05, 0) is 55.0 Å². The van der Waals surface area contributed by atoms with E-state index in [0.29, 0.717) is 32.8 Å². The number of nitrogens with two attached hydrogens (primary N) is 1. The number of carbonyl (C=O) groups excluding carboxylic acids is 1. The Morgan fingerprint density at radius 1 is 1.09 bits per heavy atom. The van der Waals surface area contributed by atoms with E-state index >= 15 is 0 Å². The molecule has 4 rings (SSSR count). The molecule has 2 unspecified atom stereocenters. The molecule has 1 heterocycles. The lowest BCUT2D eigenvalue weighted by Crippen LogP contribution is -2.54. The zero-order chi connectivity index (χ0) is 24.4. The summed E-state index contributed by atoms with van der Waals surface area (Å²) in [7, 11) is 0. The lowest BCUT2D eigenvalue weighted by molar-refractivity contribution is -0.124. The molecule has 1 aliphatic heterocycles. The van der Waals surface area contributed by atoms with Crippen LogP contribution in [0.1, 0.15) is 48.8 Å². The number of carbonyl (C=O) groups is 1. The summed E-state index contributed by atoms with van der Waals surface area (Å²) in [5, 5.41) is 20.9. The van der Waals surface area contributed by atoms with Crippen molar-refractivity contribution in [2.24, 2.45) is 5.73 Å². The summed E-state index contributed by atoms with van der Waals surface area (Å²) in [6.07, 6.45) is 4.23. The van der Waals surface area contributed by atoms with E-state index in [1.807, 2.05) is 12.1 Å². The summed E-state index contributed by atoms with van der Waals surface area (Å²) >= 11 is 0. The molecule has 0 spiro atoms. The van der Waals surface area contributed by atoms with Crippen LogP contribution in [-0.4, -0.2) is 60.2 Å². The predicted molar refractivity (Wildman–Crippen MR) is 132 cm³/mol. The standard InChI is InChI=1S/C22H28N2O2.C5H10O3/c1-17-6-2-3-7-19(17)16-18-8-10-20(11-9-18)26-15-14-24-22(21(23)25)12-4-5-13-22;6-4-1-5(7)3-8-2-4/h2-3,6-11,24H,4-5,12-16H2,1H3,(H2,23,25);4-7H,1-3H2. The van der Waals surface area contributed by atoms with Gasteiger partial charge in [0.1, 0.15) is 12.4 Å². The number of ether oxygens (including phenoxy) is 2. The van der Waals surface area contributed by atoms with Gasteiger partial charge in [0.2, 0.25) is 5.91 Å². The third-order valence-electron chi connectivity index (χ3n) is 6.51. The van der Waals surface area contributed by atoms with Crippen molar-refractivity contribution in [2.45, 2.75) is 63.2 Å². The van der Waals surface area contributed by atoms with Crippen LogP contribution in [0, 0.1) is 6.92 Å². The highest BCUT2D eigenvalue weighted by atomic mass is 16.5. The molecule has 2 aromatic carbocycles. The molecule has 2 aromatic rings. The lowest BCUT2D eigenvalue weighted by atomic mass is 9.97. The van der Waals surface area contributed by atoms with Gasteiger partial charge in [-0.3, -0.25) is 10.1 Å². The van der Waals surface area contributed by atoms with Crippen molar-refractivity contribution < 1.29 is 24.5 Å². The number of hydrogen-bond acceptors (Lipinski definition) is 6. The van der Waals surface area contributed by atoms with Gasteiger partial charge in [0, 0.05) is 13.0 Å². The van der Waals surface area contributed by atoms with Crippen LogP contribution in [0.3, 0.4) is 0 Å². The number of benzene rings is 2. The van der Waals surface area contributed by atoms with Crippen molar-refractivity contribution >= 4 is 5.91 Å². The number of rotatable bonds is 8. The van der Waals surface area contributed by atoms with Gasteiger partial charge >= 0.3 is 0 Å². The van der Waals surface area contributed by atoms with Crippen LogP contribution in [0.2, 0.25) is 0 Å². The Kier molecular flexibility index (Phi) is 9.89. The number of aliphatic hydroxyl groups excluding tert-OH is 2. The predicted octanol–water partition coefficient (Wildman–Crippen LogP) is 2.48. The molecule has 1 aliphatic carbocycles. The molecule has 34 heavy (non-hydrogen) atoms. The Balaban J connectivity index is 0.000000343. The zero-order valence-electron chi connectivity index (χ0n) is 20.0. The van der Waals surface area contributed by atoms with E-state index < -0.39 is 17.7 Å². The van der Waals surface area contributed by atoms with Crippen LogP contribution in [0.25, 0.3) is 0 Å². The molecule has 1 amide bonds. The third-order valence-corrected chi connectivity index (χ3v) is 6.51. The first-order valence-electron chi connectivity index (χ1n) is 12.1. The topological polar surface area (TPSA) is 114 Å². The highest BCUT2D eigenvalue weighted by molar-refractivity contribution is 5.85. The van der Waals surface area contributed by atoms with Gasteiger partial charge in [-0.15, -0.1) is 0 Å². The minimum absolute atomic E-state index is 0.240. The normalized spacial score (nSPS) is 21.4. The largest absolute Gasteiger partial charge is 0.492 e. The van der Waals surface area contributed by atoms with Gasteiger partial charge in [-0.1, -0.05) is 49.2 Å². The van der Waals surface area contributed by atoms with Gasteiger partial charge in [-0.25, -0.2) is 0 Å². The average molecular weight is 471 g/mol. The number of hydrogen-bond donors (Lipinski definition) is 4. The molecule has 0 bridgehead atoms. The lowest BCUT2D eigenvalue weighted by Gasteiger charge is -2.26. The van der Waals surface area contributed by atoms with Crippen molar-refractivity contribution in [3.63, 3.8) is 0 Å². The fourth-order valence-electron chi connectivity index (χ4n) is 4.47. The monoisotopic (exact) mass is 470 g/mol. The smallest absolute Gasteiger partial charge is 0.237 e. The summed E-state index contributed by atoms with van der Waals surface area (Å²) in [5.41, 5.74) is 8.97. The molecule has 2 fully saturated rings. The van der Waals surface area contributed by atoms with E-state index in [-0.39, 0.29) is 5.91 Å². The second-order valence-electron chi connectivity index (χ2n) is 9.26. The minimum atomic E-state index is -0.527. The van der Waals surface area contributed by atoms with Crippen LogP contribution >= 0.6 is 0 Å². The van der Waals surface area contributed by atoms with E-state index in [1.165, 1.54) is 16.7 Å². The third kappa shape index (κ3) is 7.81. The molecule has 2 aliphatic rings. The van der Waals surface area contributed by atoms with Crippen molar-refractivity contribution in [1.82, 2.24) is 5.32 Å². The van der Waals surface area contributed by atoms with Crippen LogP contribution in [-0.2, 0) is 16.0 Å². The molecule has 0 aromatic heterocycles. The van der Waals surface area contributed by atoms with Crippen molar-refractivity contribution in [3.8, 4) is 5.75 Å². The number of aryl methyl sites for hydroxylation is 1. The first-order chi connectivity index (χ1) is 16.4. The molecule has 186 valence electrons. The molecular weight excluding hydrogens is 432 g/mol. The fourth-order valence-corrected chi connectivity index (χ4v) is 4.47. The quantitative estimate of drug-likeness (QED) is 0.441. The summed E-state index contributed by atoms with van der Waals surface area (Å²) in [6.45, 7) is 4.03. The van der Waals surface area contributed by atoms with Crippen molar-refractivity contribution in [3.05, 3.63) is 65.2 Å². The SMILES string of the molecule is Cc1ccccc1Cc1ccc(OCCNC2(C(N)=O)CCCC2)cc1.OC1COCC(O)C1. The van der Waals surface area contributed by atoms with Crippen molar-refractivity contribution in [1.29, 1.82) is 0 Å². The second-order valence-corrected chi connectivity index (χ2v) is 9.26. The Hall–Kier alpha value is -2.45. The number of amides is 1. The Morgan fingerprint density at radius 3 is 2.29 bits per heavy atom. The van der Waals surface area contributed by atoms with Crippen molar-refractivity contribution in [2.75, 3.05) is 26.4 Å². The maximum atomic E-state index is 11.7. The van der Waals surface area contributed by atoms with E-state index in [9.17, 15) is 4.79 Å². The Morgan fingerprint density at radius 2 is 1.74 bits per heavy atom. The van der Waals surface area contributed by atoms with Gasteiger partial charge < -0.3 is 25.4 Å². The second kappa shape index (κ2) is 12.9. The van der Waals surface area contributed by atoms with E-state index in [0.717, 1.165) is 37.9 Å². The van der Waals surface area contributed by atoms with Crippen LogP contribution < -0.4 is 15.8 Å².